The van der Waals surface area contributed by atoms with Gasteiger partial charge in [0.05, 0.1) is 12.2 Å². The van der Waals surface area contributed by atoms with Crippen molar-refractivity contribution in [3.8, 4) is 22.8 Å². The number of nitrogens with zero attached hydrogens (tertiary/aromatic N) is 6. The maximum absolute atomic E-state index is 6.36. The summed E-state index contributed by atoms with van der Waals surface area (Å²) in [6, 6.07) is 22.6. The van der Waals surface area contributed by atoms with Crippen LogP contribution in [0.15, 0.2) is 79.1 Å². The van der Waals surface area contributed by atoms with Crippen LogP contribution >= 0.6 is 0 Å². The Bertz CT molecular complexity index is 1430. The molecule has 3 aromatic heterocycles. The lowest BCUT2D eigenvalue weighted by molar-refractivity contribution is 0.289. The summed E-state index contributed by atoms with van der Waals surface area (Å²) in [5.41, 5.74) is 4.01. The van der Waals surface area contributed by atoms with Crippen LogP contribution in [0.25, 0.3) is 11.3 Å². The smallest absolute Gasteiger partial charge is 0.174 e. The van der Waals surface area contributed by atoms with Gasteiger partial charge >= 0.3 is 0 Å². The zero-order valence-electron chi connectivity index (χ0n) is 19.7. The van der Waals surface area contributed by atoms with Gasteiger partial charge in [0, 0.05) is 29.9 Å². The molecular weight excluding hydrogens is 452 g/mol. The van der Waals surface area contributed by atoms with Crippen molar-refractivity contribution in [3.63, 3.8) is 0 Å². The number of aromatic nitrogens is 7. The molecular formula is C27H26N8O. The average molecular weight is 479 g/mol. The van der Waals surface area contributed by atoms with Gasteiger partial charge in [-0.3, -0.25) is 4.68 Å². The molecule has 36 heavy (non-hydrogen) atoms. The number of H-pyrrole nitrogens is 1. The van der Waals surface area contributed by atoms with Gasteiger partial charge in [0.1, 0.15) is 17.3 Å². The first kappa shape index (κ1) is 22.0. The number of tetrazole rings is 1. The third-order valence-corrected chi connectivity index (χ3v) is 6.38. The van der Waals surface area contributed by atoms with Crippen LogP contribution in [0.4, 0.5) is 11.5 Å². The first-order valence-corrected chi connectivity index (χ1v) is 12.2. The molecule has 0 radical (unpaired) electrons. The monoisotopic (exact) mass is 478 g/mol. The Morgan fingerprint density at radius 1 is 1.00 bits per heavy atom. The molecule has 6 rings (SSSR count). The molecule has 1 fully saturated rings. The number of hydrogen-bond acceptors (Lipinski definition) is 7. The van der Waals surface area contributed by atoms with Crippen LogP contribution in [0.3, 0.4) is 0 Å². The summed E-state index contributed by atoms with van der Waals surface area (Å²) in [7, 11) is 0. The fourth-order valence-corrected chi connectivity index (χ4v) is 4.25. The van der Waals surface area contributed by atoms with Crippen molar-refractivity contribution in [2.75, 3.05) is 5.32 Å². The number of benzene rings is 2. The van der Waals surface area contributed by atoms with Gasteiger partial charge in [-0.25, -0.2) is 4.98 Å². The van der Waals surface area contributed by atoms with E-state index in [1.165, 1.54) is 12.0 Å². The van der Waals surface area contributed by atoms with Gasteiger partial charge in [-0.05, 0) is 49.4 Å². The minimum Gasteiger partial charge on any atom is -0.453 e. The van der Waals surface area contributed by atoms with Crippen molar-refractivity contribution in [1.29, 1.82) is 0 Å². The normalized spacial score (nSPS) is 13.3. The molecule has 0 spiro atoms. The Labute approximate surface area is 208 Å². The molecule has 1 aliphatic rings. The van der Waals surface area contributed by atoms with Crippen LogP contribution in [-0.4, -0.2) is 35.4 Å². The summed E-state index contributed by atoms with van der Waals surface area (Å²) in [4.78, 5) is 4.48. The molecule has 2 aromatic carbocycles. The summed E-state index contributed by atoms with van der Waals surface area (Å²) in [6.45, 7) is 0. The highest BCUT2D eigenvalue weighted by Gasteiger charge is 2.23. The number of ether oxygens (including phenoxy) is 1. The Morgan fingerprint density at radius 3 is 2.72 bits per heavy atom. The van der Waals surface area contributed by atoms with E-state index in [0.29, 0.717) is 23.4 Å². The molecule has 180 valence electrons. The van der Waals surface area contributed by atoms with Gasteiger partial charge in [-0.1, -0.05) is 47.7 Å². The number of rotatable bonds is 9. The molecule has 9 heteroatoms. The summed E-state index contributed by atoms with van der Waals surface area (Å²) < 4.78 is 8.42. The van der Waals surface area contributed by atoms with Gasteiger partial charge in [-0.2, -0.15) is 10.3 Å². The van der Waals surface area contributed by atoms with E-state index in [1.807, 2.05) is 48.7 Å². The lowest BCUT2D eigenvalue weighted by Crippen LogP contribution is -2.17. The zero-order valence-corrected chi connectivity index (χ0v) is 19.7. The van der Waals surface area contributed by atoms with E-state index in [-0.39, 0.29) is 0 Å². The third kappa shape index (κ3) is 4.95. The van der Waals surface area contributed by atoms with Crippen molar-refractivity contribution in [2.45, 2.75) is 38.1 Å². The lowest BCUT2D eigenvalue weighted by atomic mass is 9.93. The average Bonchev–Trinajstić information content (AvgIpc) is 3.53. The minimum absolute atomic E-state index is 0.451. The van der Waals surface area contributed by atoms with Gasteiger partial charge in [0.25, 0.3) is 0 Å². The van der Waals surface area contributed by atoms with Crippen LogP contribution in [0.1, 0.15) is 36.7 Å². The first-order chi connectivity index (χ1) is 17.8. The predicted molar refractivity (Wildman–Crippen MR) is 136 cm³/mol. The Kier molecular flexibility index (Phi) is 6.10. The van der Waals surface area contributed by atoms with E-state index >= 15 is 0 Å². The summed E-state index contributed by atoms with van der Waals surface area (Å²) in [5.74, 6) is 2.85. The number of anilines is 2. The second-order valence-corrected chi connectivity index (χ2v) is 8.90. The molecule has 0 bridgehead atoms. The summed E-state index contributed by atoms with van der Waals surface area (Å²) >= 11 is 0. The molecule has 0 unspecified atom stereocenters. The van der Waals surface area contributed by atoms with E-state index in [1.54, 1.807) is 6.20 Å². The number of hydrogen-bond donors (Lipinski definition) is 2. The van der Waals surface area contributed by atoms with Crippen molar-refractivity contribution in [1.82, 2.24) is 35.4 Å². The molecule has 0 amide bonds. The summed E-state index contributed by atoms with van der Waals surface area (Å²) in [5, 5.41) is 22.4. The second kappa shape index (κ2) is 9.99. The van der Waals surface area contributed by atoms with Crippen LogP contribution < -0.4 is 10.1 Å². The molecule has 3 heterocycles. The highest BCUT2D eigenvalue weighted by atomic mass is 16.5. The van der Waals surface area contributed by atoms with Crippen LogP contribution in [-0.2, 0) is 12.8 Å². The third-order valence-electron chi connectivity index (χ3n) is 6.38. The van der Waals surface area contributed by atoms with Gasteiger partial charge < -0.3 is 10.1 Å². The second-order valence-electron chi connectivity index (χ2n) is 8.90. The van der Waals surface area contributed by atoms with E-state index in [2.05, 4.69) is 59.9 Å². The Morgan fingerprint density at radius 2 is 1.92 bits per heavy atom. The Balaban J connectivity index is 1.19. The molecule has 5 aromatic rings. The van der Waals surface area contributed by atoms with Crippen LogP contribution in [0.2, 0.25) is 0 Å². The highest BCUT2D eigenvalue weighted by Crippen LogP contribution is 2.38. The SMILES string of the molecule is c1ccc(-c2nn(C3CCC3)cc2Oc2ccnc(Nc3cccc(CCc4nn[nH]n4)c3)c2)cc1. The maximum atomic E-state index is 6.36. The molecule has 1 saturated carbocycles. The maximum Gasteiger partial charge on any atom is 0.174 e. The number of aromatic amines is 1. The number of pyridine rings is 1. The molecule has 9 nitrogen and oxygen atoms in total. The van der Waals surface area contributed by atoms with Gasteiger partial charge in [0.15, 0.2) is 11.6 Å². The molecule has 1 aliphatic carbocycles. The largest absolute Gasteiger partial charge is 0.453 e. The van der Waals surface area contributed by atoms with E-state index in [0.717, 1.165) is 48.4 Å². The van der Waals surface area contributed by atoms with Gasteiger partial charge in [-0.15, -0.1) is 10.2 Å². The van der Waals surface area contributed by atoms with Crippen LogP contribution in [0.5, 0.6) is 11.5 Å². The van der Waals surface area contributed by atoms with Crippen molar-refractivity contribution < 1.29 is 4.74 Å². The van der Waals surface area contributed by atoms with Crippen molar-refractivity contribution >= 4 is 11.5 Å². The lowest BCUT2D eigenvalue weighted by Gasteiger charge is -2.25. The molecule has 0 saturated heterocycles. The fraction of sp³-hybridized carbons (Fsp3) is 0.222. The summed E-state index contributed by atoms with van der Waals surface area (Å²) in [6.07, 6.45) is 8.88. The number of nitrogens with one attached hydrogen (secondary N) is 2. The van der Waals surface area contributed by atoms with E-state index < -0.39 is 0 Å². The Hall–Kier alpha value is -4.53. The van der Waals surface area contributed by atoms with Gasteiger partial charge in [0.2, 0.25) is 0 Å². The standard InChI is InChI=1S/C27H26N8O/c1-2-7-20(8-3-1)27-24(18-35(32-27)22-10-5-11-22)36-23-14-15-28-26(17-23)29-21-9-4-6-19(16-21)12-13-25-30-33-34-31-25/h1-4,6-9,14-18,22H,5,10-13H2,(H,28,29)(H,30,31,33,34). The topological polar surface area (TPSA) is 106 Å². The highest BCUT2D eigenvalue weighted by molar-refractivity contribution is 5.66. The molecule has 0 atom stereocenters. The van der Waals surface area contributed by atoms with E-state index in [4.69, 9.17) is 9.84 Å². The van der Waals surface area contributed by atoms with Crippen LogP contribution in [0, 0.1) is 0 Å². The fourth-order valence-electron chi connectivity index (χ4n) is 4.25. The number of aryl methyl sites for hydroxylation is 2. The molecule has 2 N–H and O–H groups in total. The van der Waals surface area contributed by atoms with E-state index in [9.17, 15) is 0 Å². The first-order valence-electron chi connectivity index (χ1n) is 12.2. The minimum atomic E-state index is 0.451. The van der Waals surface area contributed by atoms with Crippen molar-refractivity contribution in [2.24, 2.45) is 0 Å². The molecule has 0 aliphatic heterocycles. The quantitative estimate of drug-likeness (QED) is 0.288. The zero-order chi connectivity index (χ0) is 24.2. The van der Waals surface area contributed by atoms with Crippen molar-refractivity contribution in [3.05, 3.63) is 90.5 Å². The predicted octanol–water partition coefficient (Wildman–Crippen LogP) is 5.50.